The summed E-state index contributed by atoms with van der Waals surface area (Å²) in [6, 6.07) is -0.897. The molecule has 0 saturated carbocycles. The molecule has 0 aliphatic rings. The number of carboxylic acids is 1. The number of aliphatic carboxylic acids is 1. The summed E-state index contributed by atoms with van der Waals surface area (Å²) in [7, 11) is 0. The second-order valence-corrected chi connectivity index (χ2v) is 4.19. The number of amides is 1. The van der Waals surface area contributed by atoms with Crippen LogP contribution in [0.5, 0.6) is 0 Å². The van der Waals surface area contributed by atoms with Crippen molar-refractivity contribution in [3.8, 4) is 0 Å². The first-order chi connectivity index (χ1) is 8.57. The highest BCUT2D eigenvalue weighted by atomic mass is 32.2. The van der Waals surface area contributed by atoms with E-state index in [1.807, 2.05) is 0 Å². The van der Waals surface area contributed by atoms with Crippen LogP contribution in [-0.4, -0.2) is 54.4 Å². The Morgan fingerprint density at radius 3 is 2.94 bits per heavy atom. The molecule has 0 spiro atoms. The predicted octanol–water partition coefficient (Wildman–Crippen LogP) is 0.168. The van der Waals surface area contributed by atoms with Gasteiger partial charge in [-0.05, 0) is 5.53 Å². The third-order valence-electron chi connectivity index (χ3n) is 1.62. The molecule has 0 unspecified atom stereocenters. The van der Waals surface area contributed by atoms with E-state index in [0.29, 0.717) is 12.3 Å². The first kappa shape index (κ1) is 16.4. The van der Waals surface area contributed by atoms with Gasteiger partial charge in [0.25, 0.3) is 0 Å². The minimum atomic E-state index is -1.05. The molecule has 0 aromatic carbocycles. The molecule has 0 bridgehead atoms. The number of azide groups is 1. The van der Waals surface area contributed by atoms with Crippen molar-refractivity contribution in [3.05, 3.63) is 10.4 Å². The van der Waals surface area contributed by atoms with Crippen molar-refractivity contribution in [1.82, 2.24) is 5.32 Å². The summed E-state index contributed by atoms with van der Waals surface area (Å²) in [5.74, 6) is -0.233. The second-order valence-electron chi connectivity index (χ2n) is 3.04. The standard InChI is InChI=1S/C8H15N5O4S/c9-6(7(14)15)5-18-4-2-11-8(16)17-3-1-12-13-10/h6H,1-5,9H2,(H,11,16)(H,14,15)/t6-/m0/s1. The van der Waals surface area contributed by atoms with Crippen molar-refractivity contribution >= 4 is 23.8 Å². The molecule has 0 saturated heterocycles. The number of carbonyl (C=O) groups is 2. The molecule has 0 aliphatic heterocycles. The highest BCUT2D eigenvalue weighted by Gasteiger charge is 2.10. The molecule has 0 aromatic rings. The van der Waals surface area contributed by atoms with Crippen LogP contribution in [0, 0.1) is 0 Å². The lowest BCUT2D eigenvalue weighted by Gasteiger charge is -2.07. The first-order valence-electron chi connectivity index (χ1n) is 5.05. The number of nitrogens with zero attached hydrogens (tertiary/aromatic N) is 3. The van der Waals surface area contributed by atoms with Crippen LogP contribution in [0.4, 0.5) is 4.79 Å². The van der Waals surface area contributed by atoms with Gasteiger partial charge in [-0.15, -0.1) is 0 Å². The molecule has 4 N–H and O–H groups in total. The lowest BCUT2D eigenvalue weighted by Crippen LogP contribution is -2.33. The lowest BCUT2D eigenvalue weighted by atomic mass is 10.4. The summed E-state index contributed by atoms with van der Waals surface area (Å²) >= 11 is 1.32. The molecule has 10 heteroatoms. The molecular weight excluding hydrogens is 262 g/mol. The minimum Gasteiger partial charge on any atom is -0.480 e. The van der Waals surface area contributed by atoms with E-state index in [9.17, 15) is 9.59 Å². The molecule has 0 aliphatic carbocycles. The minimum absolute atomic E-state index is 0.0208. The van der Waals surface area contributed by atoms with E-state index >= 15 is 0 Å². The molecular formula is C8H15N5O4S. The Labute approximate surface area is 108 Å². The third kappa shape index (κ3) is 9.58. The summed E-state index contributed by atoms with van der Waals surface area (Å²) in [6.45, 7) is 0.455. The topological polar surface area (TPSA) is 150 Å². The number of rotatable bonds is 9. The van der Waals surface area contributed by atoms with E-state index in [0.717, 1.165) is 0 Å². The van der Waals surface area contributed by atoms with Gasteiger partial charge in [-0.1, -0.05) is 5.11 Å². The van der Waals surface area contributed by atoms with Crippen LogP contribution in [0.1, 0.15) is 0 Å². The zero-order valence-electron chi connectivity index (χ0n) is 9.61. The van der Waals surface area contributed by atoms with Crippen molar-refractivity contribution in [2.45, 2.75) is 6.04 Å². The van der Waals surface area contributed by atoms with Crippen molar-refractivity contribution in [2.24, 2.45) is 10.8 Å². The van der Waals surface area contributed by atoms with Crippen LogP contribution in [0.15, 0.2) is 5.11 Å². The lowest BCUT2D eigenvalue weighted by molar-refractivity contribution is -0.137. The van der Waals surface area contributed by atoms with Gasteiger partial charge in [0.1, 0.15) is 6.04 Å². The smallest absolute Gasteiger partial charge is 0.407 e. The van der Waals surface area contributed by atoms with Crippen LogP contribution in [-0.2, 0) is 9.53 Å². The molecule has 0 heterocycles. The van der Waals surface area contributed by atoms with Crippen molar-refractivity contribution in [3.63, 3.8) is 0 Å². The fraction of sp³-hybridized carbons (Fsp3) is 0.750. The predicted molar refractivity (Wildman–Crippen MR) is 66.3 cm³/mol. The molecule has 9 nitrogen and oxygen atoms in total. The number of carbonyl (C=O) groups excluding carboxylic acids is 1. The second kappa shape index (κ2) is 10.5. The van der Waals surface area contributed by atoms with Crippen LogP contribution in [0.2, 0.25) is 0 Å². The van der Waals surface area contributed by atoms with E-state index in [4.69, 9.17) is 16.4 Å². The van der Waals surface area contributed by atoms with Crippen LogP contribution in [0.25, 0.3) is 10.4 Å². The Balaban J connectivity index is 3.40. The Kier molecular flexibility index (Phi) is 9.55. The Morgan fingerprint density at radius 1 is 1.61 bits per heavy atom. The zero-order valence-corrected chi connectivity index (χ0v) is 10.4. The normalized spacial score (nSPS) is 11.2. The number of hydrogen-bond acceptors (Lipinski definition) is 6. The fourth-order valence-electron chi connectivity index (χ4n) is 0.782. The number of nitrogens with two attached hydrogens (primary N) is 1. The van der Waals surface area contributed by atoms with Crippen LogP contribution >= 0.6 is 11.8 Å². The number of hydrogen-bond donors (Lipinski definition) is 3. The summed E-state index contributed by atoms with van der Waals surface area (Å²) in [5.41, 5.74) is 13.2. The molecule has 1 amide bonds. The summed E-state index contributed by atoms with van der Waals surface area (Å²) in [5, 5.41) is 14.2. The van der Waals surface area contributed by atoms with Gasteiger partial charge in [0.15, 0.2) is 0 Å². The van der Waals surface area contributed by atoms with Crippen LogP contribution in [0.3, 0.4) is 0 Å². The van der Waals surface area contributed by atoms with Crippen molar-refractivity contribution in [1.29, 1.82) is 0 Å². The van der Waals surface area contributed by atoms with Crippen LogP contribution < -0.4 is 11.1 Å². The average Bonchev–Trinajstić information content (AvgIpc) is 2.33. The zero-order chi connectivity index (χ0) is 13.8. The van der Waals surface area contributed by atoms with Gasteiger partial charge >= 0.3 is 12.1 Å². The molecule has 102 valence electrons. The number of carboxylic acid groups (broad SMARTS) is 1. The van der Waals surface area contributed by atoms with Crippen molar-refractivity contribution < 1.29 is 19.4 Å². The molecule has 1 atom stereocenters. The van der Waals surface area contributed by atoms with E-state index < -0.39 is 18.1 Å². The third-order valence-corrected chi connectivity index (χ3v) is 2.71. The monoisotopic (exact) mass is 277 g/mol. The van der Waals surface area contributed by atoms with E-state index in [1.165, 1.54) is 11.8 Å². The molecule has 0 rings (SSSR count). The largest absolute Gasteiger partial charge is 0.480 e. The molecule has 18 heavy (non-hydrogen) atoms. The Hall–Kier alpha value is -1.64. The van der Waals surface area contributed by atoms with Crippen molar-refractivity contribution in [2.75, 3.05) is 31.2 Å². The first-order valence-corrected chi connectivity index (χ1v) is 6.21. The molecule has 0 radical (unpaired) electrons. The van der Waals surface area contributed by atoms with Gasteiger partial charge in [-0.2, -0.15) is 11.8 Å². The fourth-order valence-corrected chi connectivity index (χ4v) is 1.59. The van der Waals surface area contributed by atoms with E-state index in [1.54, 1.807) is 0 Å². The summed E-state index contributed by atoms with van der Waals surface area (Å²) in [6.07, 6.45) is -0.605. The maximum Gasteiger partial charge on any atom is 0.407 e. The number of nitrogens with one attached hydrogen (secondary N) is 1. The molecule has 0 fully saturated rings. The van der Waals surface area contributed by atoms with E-state index in [2.05, 4.69) is 20.1 Å². The maximum atomic E-state index is 11.0. The number of ether oxygens (including phenoxy) is 1. The quantitative estimate of drug-likeness (QED) is 0.236. The SMILES string of the molecule is [N-]=[N+]=NCCOC(=O)NCCSC[C@H](N)C(=O)O. The highest BCUT2D eigenvalue weighted by Crippen LogP contribution is 2.00. The summed E-state index contributed by atoms with van der Waals surface area (Å²) < 4.78 is 4.67. The molecule has 0 aromatic heterocycles. The van der Waals surface area contributed by atoms with Gasteiger partial charge < -0.3 is 20.9 Å². The number of thioether (sulfide) groups is 1. The van der Waals surface area contributed by atoms with E-state index in [-0.39, 0.29) is 18.9 Å². The van der Waals surface area contributed by atoms with Gasteiger partial charge in [0.05, 0.1) is 13.2 Å². The van der Waals surface area contributed by atoms with Gasteiger partial charge in [-0.25, -0.2) is 4.79 Å². The van der Waals surface area contributed by atoms with Gasteiger partial charge in [-0.3, -0.25) is 4.79 Å². The van der Waals surface area contributed by atoms with Gasteiger partial charge in [0, 0.05) is 23.0 Å². The van der Waals surface area contributed by atoms with Gasteiger partial charge in [0.2, 0.25) is 0 Å². The Morgan fingerprint density at radius 2 is 2.33 bits per heavy atom. The number of alkyl carbamates (subject to hydrolysis) is 1. The highest BCUT2D eigenvalue weighted by molar-refractivity contribution is 7.99. The maximum absolute atomic E-state index is 11.0. The summed E-state index contributed by atoms with van der Waals surface area (Å²) in [4.78, 5) is 23.9. The Bertz CT molecular complexity index is 321. The average molecular weight is 277 g/mol.